The predicted octanol–water partition coefficient (Wildman–Crippen LogP) is 11.3. The van der Waals surface area contributed by atoms with Crippen LogP contribution in [0.15, 0.2) is 126 Å². The Morgan fingerprint density at radius 2 is 0.875 bits per heavy atom. The van der Waals surface area contributed by atoms with Crippen LogP contribution >= 0.6 is 15.9 Å². The number of benzene rings is 8. The highest BCUT2D eigenvalue weighted by molar-refractivity contribution is 9.10. The maximum absolute atomic E-state index is 3.70. The molecule has 0 unspecified atom stereocenters. The lowest BCUT2D eigenvalue weighted by atomic mass is 9.93. The highest BCUT2D eigenvalue weighted by Gasteiger charge is 2.20. The Morgan fingerprint density at radius 1 is 0.375 bits per heavy atom. The molecular formula is C38H20BrN. The molecule has 1 aromatic heterocycles. The van der Waals surface area contributed by atoms with Crippen molar-refractivity contribution in [2.24, 2.45) is 0 Å². The highest BCUT2D eigenvalue weighted by Crippen LogP contribution is 2.45. The summed E-state index contributed by atoms with van der Waals surface area (Å²) in [7, 11) is 0. The molecule has 0 atom stereocenters. The van der Waals surface area contributed by atoms with Crippen LogP contribution < -0.4 is 0 Å². The fraction of sp³-hybridized carbons (Fsp3) is 0. The van der Waals surface area contributed by atoms with Crippen molar-refractivity contribution in [2.45, 2.75) is 0 Å². The maximum atomic E-state index is 3.70. The van der Waals surface area contributed by atoms with E-state index < -0.39 is 0 Å². The molecule has 1 nitrogen and oxygen atoms in total. The molecule has 0 N–H and O–H groups in total. The van der Waals surface area contributed by atoms with Crippen LogP contribution in [0.3, 0.4) is 0 Å². The molecule has 0 aliphatic rings. The van der Waals surface area contributed by atoms with Crippen molar-refractivity contribution in [1.82, 2.24) is 4.57 Å². The van der Waals surface area contributed by atoms with E-state index in [0.717, 1.165) is 4.47 Å². The Bertz CT molecular complexity index is 2560. The Labute approximate surface area is 237 Å². The molecule has 0 spiro atoms. The minimum atomic E-state index is 1.12. The first-order valence-electron chi connectivity index (χ1n) is 13.7. The normalized spacial score (nSPS) is 12.6. The number of pyridine rings is 1. The van der Waals surface area contributed by atoms with Gasteiger partial charge in [0.1, 0.15) is 0 Å². The Morgan fingerprint density at radius 3 is 1.50 bits per heavy atom. The Balaban J connectivity index is 1.41. The van der Waals surface area contributed by atoms with Crippen LogP contribution in [0.4, 0.5) is 0 Å². The van der Waals surface area contributed by atoms with Gasteiger partial charge in [-0.25, -0.2) is 0 Å². The van der Waals surface area contributed by atoms with Crippen LogP contribution in [-0.4, -0.2) is 4.57 Å². The summed E-state index contributed by atoms with van der Waals surface area (Å²) in [6, 6.07) is 45.3. The first kappa shape index (κ1) is 21.2. The molecule has 0 aliphatic heterocycles. The number of rotatable bonds is 1. The van der Waals surface area contributed by atoms with Crippen LogP contribution in [0.25, 0.3) is 92.1 Å². The molecule has 1 heterocycles. The third-order valence-corrected chi connectivity index (χ3v) is 9.52. The molecule has 0 amide bonds. The van der Waals surface area contributed by atoms with Crippen molar-refractivity contribution in [3.05, 3.63) is 126 Å². The highest BCUT2D eigenvalue weighted by atomic mass is 79.9. The number of hydrogen-bond acceptors (Lipinski definition) is 0. The largest absolute Gasteiger partial charge is 0.309 e. The number of halogens is 1. The second kappa shape index (κ2) is 7.29. The van der Waals surface area contributed by atoms with Crippen LogP contribution in [-0.2, 0) is 0 Å². The van der Waals surface area contributed by atoms with E-state index in [2.05, 4.69) is 142 Å². The van der Waals surface area contributed by atoms with Crippen molar-refractivity contribution in [3.63, 3.8) is 0 Å². The second-order valence-corrected chi connectivity index (χ2v) is 12.0. The molecule has 0 aliphatic carbocycles. The third-order valence-electron chi connectivity index (χ3n) is 9.06. The summed E-state index contributed by atoms with van der Waals surface area (Å²) in [6.07, 6.45) is 0. The van der Waals surface area contributed by atoms with Gasteiger partial charge in [-0.2, -0.15) is 0 Å². The summed E-state index contributed by atoms with van der Waals surface area (Å²) in [4.78, 5) is 0. The fourth-order valence-electron chi connectivity index (χ4n) is 7.51. The summed E-state index contributed by atoms with van der Waals surface area (Å²) in [5.74, 6) is 0. The van der Waals surface area contributed by atoms with Gasteiger partial charge in [-0.1, -0.05) is 101 Å². The van der Waals surface area contributed by atoms with Gasteiger partial charge in [-0.15, -0.1) is 0 Å². The number of nitrogens with zero attached hydrogens (tertiary/aromatic N) is 1. The van der Waals surface area contributed by atoms with Gasteiger partial charge in [-0.05, 0) is 95.6 Å². The van der Waals surface area contributed by atoms with E-state index in [4.69, 9.17) is 0 Å². The quantitative estimate of drug-likeness (QED) is 0.137. The monoisotopic (exact) mass is 569 g/mol. The standard InChI is InChI=1S/C38H20BrN/c39-25-17-21-9-11-23-19-26(20-24-12-10-22(18-25)35(21)36(23)24)40-33-8-4-3-7-29(33)32-14-13-30-27-5-1-2-6-28(27)31-15-16-34(40)38(32)37(30)31/h1-20H. The van der Waals surface area contributed by atoms with Crippen LogP contribution in [0, 0.1) is 0 Å². The Kier molecular flexibility index (Phi) is 3.87. The number of fused-ring (bicyclic) bond motifs is 5. The van der Waals surface area contributed by atoms with Crippen molar-refractivity contribution >= 4 is 102 Å². The zero-order chi connectivity index (χ0) is 26.1. The van der Waals surface area contributed by atoms with Crippen LogP contribution in [0.2, 0.25) is 0 Å². The van der Waals surface area contributed by atoms with Gasteiger partial charge in [0, 0.05) is 26.3 Å². The Hall–Kier alpha value is -4.66. The average molecular weight is 570 g/mol. The topological polar surface area (TPSA) is 4.93 Å². The molecule has 0 radical (unpaired) electrons. The molecule has 184 valence electrons. The SMILES string of the molecule is Brc1cc2ccc3cc(-n4c5ccccc5c5ccc6c7ccccc7c7ccc4c5c67)cc4ccc(c1)c2c34. The molecule has 40 heavy (non-hydrogen) atoms. The van der Waals surface area contributed by atoms with E-state index in [1.165, 1.54) is 92.1 Å². The second-order valence-electron chi connectivity index (χ2n) is 11.1. The summed E-state index contributed by atoms with van der Waals surface area (Å²) < 4.78 is 3.60. The number of aromatic nitrogens is 1. The van der Waals surface area contributed by atoms with E-state index in [1.54, 1.807) is 0 Å². The van der Waals surface area contributed by atoms with E-state index in [1.807, 2.05) is 0 Å². The number of para-hydroxylation sites is 1. The molecule has 0 saturated heterocycles. The molecule has 9 aromatic carbocycles. The summed E-state index contributed by atoms with van der Waals surface area (Å²) in [6.45, 7) is 0. The van der Waals surface area contributed by atoms with Crippen molar-refractivity contribution in [1.29, 1.82) is 0 Å². The average Bonchev–Trinajstić information content (AvgIpc) is 3.32. The van der Waals surface area contributed by atoms with Gasteiger partial charge in [-0.3, -0.25) is 0 Å². The lowest BCUT2D eigenvalue weighted by molar-refractivity contribution is 1.18. The maximum Gasteiger partial charge on any atom is 0.0547 e. The lowest BCUT2D eigenvalue weighted by Crippen LogP contribution is -2.01. The first-order valence-corrected chi connectivity index (χ1v) is 14.5. The predicted molar refractivity (Wildman–Crippen MR) is 176 cm³/mol. The van der Waals surface area contributed by atoms with Crippen LogP contribution in [0.1, 0.15) is 0 Å². The van der Waals surface area contributed by atoms with Gasteiger partial charge in [0.05, 0.1) is 11.0 Å². The minimum absolute atomic E-state index is 1.12. The van der Waals surface area contributed by atoms with E-state index in [9.17, 15) is 0 Å². The van der Waals surface area contributed by atoms with Crippen molar-refractivity contribution < 1.29 is 0 Å². The molecular weight excluding hydrogens is 550 g/mol. The van der Waals surface area contributed by atoms with Gasteiger partial charge in [0.2, 0.25) is 0 Å². The lowest BCUT2D eigenvalue weighted by Gasteiger charge is -2.21. The zero-order valence-electron chi connectivity index (χ0n) is 21.4. The first-order chi connectivity index (χ1) is 19.7. The molecule has 0 bridgehead atoms. The molecule has 0 saturated carbocycles. The van der Waals surface area contributed by atoms with Gasteiger partial charge < -0.3 is 4.57 Å². The molecule has 10 aromatic rings. The van der Waals surface area contributed by atoms with Crippen molar-refractivity contribution in [2.75, 3.05) is 0 Å². The van der Waals surface area contributed by atoms with Gasteiger partial charge >= 0.3 is 0 Å². The van der Waals surface area contributed by atoms with Crippen molar-refractivity contribution in [3.8, 4) is 5.69 Å². The van der Waals surface area contributed by atoms with E-state index >= 15 is 0 Å². The molecule has 2 heteroatoms. The molecule has 0 fully saturated rings. The van der Waals surface area contributed by atoms with Gasteiger partial charge in [0.15, 0.2) is 0 Å². The minimum Gasteiger partial charge on any atom is -0.309 e. The fourth-order valence-corrected chi connectivity index (χ4v) is 8.00. The summed E-state index contributed by atoms with van der Waals surface area (Å²) in [5.41, 5.74) is 3.67. The van der Waals surface area contributed by atoms with E-state index in [0.29, 0.717) is 0 Å². The van der Waals surface area contributed by atoms with E-state index in [-0.39, 0.29) is 0 Å². The number of hydrogen-bond donors (Lipinski definition) is 0. The van der Waals surface area contributed by atoms with Gasteiger partial charge in [0.25, 0.3) is 0 Å². The van der Waals surface area contributed by atoms with Crippen LogP contribution in [0.5, 0.6) is 0 Å². The summed E-state index contributed by atoms with van der Waals surface area (Å²) in [5, 5.41) is 18.4. The molecule has 10 rings (SSSR count). The summed E-state index contributed by atoms with van der Waals surface area (Å²) >= 11 is 3.70. The third kappa shape index (κ3) is 2.53. The zero-order valence-corrected chi connectivity index (χ0v) is 23.0. The smallest absolute Gasteiger partial charge is 0.0547 e.